The first-order chi connectivity index (χ1) is 20.7. The van der Waals surface area contributed by atoms with Gasteiger partial charge in [-0.25, -0.2) is 0 Å². The van der Waals surface area contributed by atoms with Gasteiger partial charge in [-0.05, 0) is 61.9 Å². The molecule has 3 amide bonds. The minimum atomic E-state index is -1.04. The van der Waals surface area contributed by atoms with E-state index in [0.29, 0.717) is 30.7 Å². The molecule has 0 unspecified atom stereocenters. The number of hydrogen-bond donors (Lipinski definition) is 4. The molecular formula is C32H37N5O6. The number of amides is 3. The Kier molecular flexibility index (Phi) is 10.4. The van der Waals surface area contributed by atoms with Gasteiger partial charge in [0.15, 0.2) is 5.78 Å². The maximum absolute atomic E-state index is 13.6. The molecule has 1 aliphatic rings. The molecule has 1 fully saturated rings. The molecule has 226 valence electrons. The fourth-order valence-corrected chi connectivity index (χ4v) is 5.19. The zero-order valence-corrected chi connectivity index (χ0v) is 24.6. The van der Waals surface area contributed by atoms with E-state index < -0.39 is 42.2 Å². The van der Waals surface area contributed by atoms with Gasteiger partial charge in [0.2, 0.25) is 11.8 Å². The maximum Gasteiger partial charge on any atom is 0.268 e. The van der Waals surface area contributed by atoms with E-state index in [-0.39, 0.29) is 35.3 Å². The number of fused-ring (bicyclic) bond motifs is 1. The fraction of sp³-hybridized carbons (Fsp3) is 0.406. The molecule has 11 nitrogen and oxygen atoms in total. The number of nitriles is 1. The predicted molar refractivity (Wildman–Crippen MR) is 160 cm³/mol. The summed E-state index contributed by atoms with van der Waals surface area (Å²) < 4.78 is 11.0. The van der Waals surface area contributed by atoms with Crippen molar-refractivity contribution in [2.75, 3.05) is 20.3 Å². The molecule has 4 rings (SSSR count). The molecular weight excluding hydrogens is 550 g/mol. The summed E-state index contributed by atoms with van der Waals surface area (Å²) in [4.78, 5) is 55.9. The summed E-state index contributed by atoms with van der Waals surface area (Å²) in [6.07, 6.45) is 1.75. The van der Waals surface area contributed by atoms with Crippen molar-refractivity contribution in [3.05, 3.63) is 59.8 Å². The number of benzene rings is 2. The minimum Gasteiger partial charge on any atom is -0.496 e. The van der Waals surface area contributed by atoms with Gasteiger partial charge in [-0.15, -0.1) is 0 Å². The van der Waals surface area contributed by atoms with E-state index in [0.717, 1.165) is 11.8 Å². The van der Waals surface area contributed by atoms with Gasteiger partial charge in [0.25, 0.3) is 5.91 Å². The van der Waals surface area contributed by atoms with E-state index in [2.05, 4.69) is 20.9 Å². The molecule has 11 heteroatoms. The Morgan fingerprint density at radius 1 is 1.07 bits per heavy atom. The second kappa shape index (κ2) is 14.4. The number of Topliss-reactive ketones (excluding diaryl/α,β-unsaturated/α-hetero) is 1. The highest BCUT2D eigenvalue weighted by atomic mass is 16.5. The van der Waals surface area contributed by atoms with Crippen molar-refractivity contribution in [2.24, 2.45) is 11.8 Å². The highest BCUT2D eigenvalue weighted by Crippen LogP contribution is 2.26. The number of aromatic nitrogens is 1. The second-order valence-corrected chi connectivity index (χ2v) is 11.1. The van der Waals surface area contributed by atoms with Crippen LogP contribution in [-0.2, 0) is 14.4 Å². The first-order valence-electron chi connectivity index (χ1n) is 14.4. The summed E-state index contributed by atoms with van der Waals surface area (Å²) in [7, 11) is 1.55. The van der Waals surface area contributed by atoms with Crippen molar-refractivity contribution in [3.63, 3.8) is 0 Å². The first-order valence-corrected chi connectivity index (χ1v) is 14.4. The normalized spacial score (nSPS) is 16.1. The van der Waals surface area contributed by atoms with Gasteiger partial charge in [0, 0.05) is 23.4 Å². The Morgan fingerprint density at radius 3 is 2.56 bits per heavy atom. The van der Waals surface area contributed by atoms with E-state index in [1.54, 1.807) is 49.6 Å². The van der Waals surface area contributed by atoms with Crippen LogP contribution in [0.2, 0.25) is 0 Å². The van der Waals surface area contributed by atoms with Crippen molar-refractivity contribution in [2.45, 2.75) is 51.6 Å². The highest BCUT2D eigenvalue weighted by Gasteiger charge is 2.33. The van der Waals surface area contributed by atoms with Gasteiger partial charge in [-0.3, -0.25) is 19.2 Å². The summed E-state index contributed by atoms with van der Waals surface area (Å²) in [6.45, 7) is 4.01. The predicted octanol–water partition coefficient (Wildman–Crippen LogP) is 3.24. The summed E-state index contributed by atoms with van der Waals surface area (Å²) >= 11 is 0. The first kappa shape index (κ1) is 31.1. The molecule has 3 aromatic rings. The molecule has 0 radical (unpaired) electrons. The number of carbonyl (C=O) groups excluding carboxylic acids is 4. The monoisotopic (exact) mass is 587 g/mol. The molecule has 4 N–H and O–H groups in total. The average Bonchev–Trinajstić information content (AvgIpc) is 3.45. The van der Waals surface area contributed by atoms with Gasteiger partial charge in [-0.2, -0.15) is 5.26 Å². The lowest BCUT2D eigenvalue weighted by atomic mass is 9.90. The minimum absolute atomic E-state index is 0.0444. The van der Waals surface area contributed by atoms with Gasteiger partial charge >= 0.3 is 0 Å². The summed E-state index contributed by atoms with van der Waals surface area (Å²) in [5.74, 6) is -1.20. The van der Waals surface area contributed by atoms with Crippen LogP contribution in [0, 0.1) is 23.2 Å². The number of piperidine rings is 1. The van der Waals surface area contributed by atoms with Crippen molar-refractivity contribution < 1.29 is 28.7 Å². The smallest absolute Gasteiger partial charge is 0.268 e. The average molecular weight is 588 g/mol. The molecule has 0 aliphatic carbocycles. The highest BCUT2D eigenvalue weighted by molar-refractivity contribution is 6.02. The molecule has 2 aromatic carbocycles. The number of ketones is 1. The SMILES string of the molecule is COc1cccc2[nH]c(C(=O)N[C@@H](CC(C)C)C(=O)N[C@@H](C[C@@H]3CCCNC3=O)C(=O)COc3ccccc3C#N)cc12. The lowest BCUT2D eigenvalue weighted by Crippen LogP contribution is -2.54. The molecule has 43 heavy (non-hydrogen) atoms. The van der Waals surface area contributed by atoms with Gasteiger partial charge in [-0.1, -0.05) is 32.0 Å². The van der Waals surface area contributed by atoms with Crippen LogP contribution in [0.3, 0.4) is 0 Å². The Balaban J connectivity index is 1.52. The molecule has 1 aromatic heterocycles. The lowest BCUT2D eigenvalue weighted by Gasteiger charge is -2.28. The quantitative estimate of drug-likeness (QED) is 0.239. The number of nitrogens with one attached hydrogen (secondary N) is 4. The van der Waals surface area contributed by atoms with Crippen molar-refractivity contribution >= 4 is 34.4 Å². The number of nitrogens with zero attached hydrogens (tertiary/aromatic N) is 1. The Morgan fingerprint density at radius 2 is 1.84 bits per heavy atom. The van der Waals surface area contributed by atoms with Crippen molar-refractivity contribution in [3.8, 4) is 17.6 Å². The number of aromatic amines is 1. The van der Waals surface area contributed by atoms with Crippen molar-refractivity contribution in [1.82, 2.24) is 20.9 Å². The number of H-pyrrole nitrogens is 1. The lowest BCUT2D eigenvalue weighted by molar-refractivity contribution is -0.132. The van der Waals surface area contributed by atoms with E-state index in [1.807, 2.05) is 26.0 Å². The van der Waals surface area contributed by atoms with Crippen LogP contribution in [0.1, 0.15) is 55.6 Å². The molecule has 2 heterocycles. The van der Waals surface area contributed by atoms with Crippen molar-refractivity contribution in [1.29, 1.82) is 5.26 Å². The molecule has 0 spiro atoms. The Labute approximate surface area is 250 Å². The number of hydrogen-bond acceptors (Lipinski definition) is 7. The largest absolute Gasteiger partial charge is 0.496 e. The number of ether oxygens (including phenoxy) is 2. The number of carbonyl (C=O) groups is 4. The van der Waals surface area contributed by atoms with E-state index in [4.69, 9.17) is 9.47 Å². The van der Waals surface area contributed by atoms with Crippen LogP contribution in [0.25, 0.3) is 10.9 Å². The van der Waals surface area contributed by atoms with Crippen LogP contribution < -0.4 is 25.4 Å². The summed E-state index contributed by atoms with van der Waals surface area (Å²) in [5, 5.41) is 18.5. The van der Waals surface area contributed by atoms with Crippen LogP contribution in [-0.4, -0.2) is 60.8 Å². The van der Waals surface area contributed by atoms with E-state index >= 15 is 0 Å². The van der Waals surface area contributed by atoms with Crippen LogP contribution >= 0.6 is 0 Å². The Bertz CT molecular complexity index is 1520. The number of para-hydroxylation sites is 1. The van der Waals surface area contributed by atoms with E-state index in [1.165, 1.54) is 0 Å². The molecule has 0 bridgehead atoms. The van der Waals surface area contributed by atoms with Crippen LogP contribution in [0.5, 0.6) is 11.5 Å². The molecule has 1 aliphatic heterocycles. The zero-order chi connectivity index (χ0) is 30.9. The number of rotatable bonds is 13. The van der Waals surface area contributed by atoms with Gasteiger partial charge < -0.3 is 30.4 Å². The summed E-state index contributed by atoms with van der Waals surface area (Å²) in [5.41, 5.74) is 1.25. The van der Waals surface area contributed by atoms with Gasteiger partial charge in [0.1, 0.15) is 35.9 Å². The maximum atomic E-state index is 13.6. The fourth-order valence-electron chi connectivity index (χ4n) is 5.19. The molecule has 0 saturated carbocycles. The second-order valence-electron chi connectivity index (χ2n) is 11.1. The van der Waals surface area contributed by atoms with Crippen LogP contribution in [0.15, 0.2) is 48.5 Å². The third kappa shape index (κ3) is 7.92. The summed E-state index contributed by atoms with van der Waals surface area (Å²) in [6, 6.07) is 13.7. The third-order valence-electron chi connectivity index (χ3n) is 7.42. The Hall–Kier alpha value is -4.85. The molecule has 3 atom stereocenters. The molecule has 1 saturated heterocycles. The number of methoxy groups -OCH3 is 1. The van der Waals surface area contributed by atoms with E-state index in [9.17, 15) is 24.4 Å². The van der Waals surface area contributed by atoms with Gasteiger partial charge in [0.05, 0.1) is 18.7 Å². The zero-order valence-electron chi connectivity index (χ0n) is 24.6. The standard InChI is InChI=1S/C32H37N5O6/c1-19(2)14-25(37-32(41)26-16-22-23(35-26)10-6-12-29(22)42-3)31(40)36-24(15-20-9-7-13-34-30(20)39)27(38)18-43-28-11-5-4-8-21(28)17-33/h4-6,8,10-12,16,19-20,24-25,35H,7,9,13-15,18H2,1-3H3,(H,34,39)(H,36,40)(H,37,41)/t20-,24-,25-/m0/s1. The third-order valence-corrected chi connectivity index (χ3v) is 7.42. The topological polar surface area (TPSA) is 162 Å². The van der Waals surface area contributed by atoms with Crippen LogP contribution in [0.4, 0.5) is 0 Å².